The van der Waals surface area contributed by atoms with Gasteiger partial charge in [-0.25, -0.2) is 4.79 Å². The Bertz CT molecular complexity index is 1050. The van der Waals surface area contributed by atoms with Crippen LogP contribution in [0.15, 0.2) is 48.5 Å². The van der Waals surface area contributed by atoms with Gasteiger partial charge in [0, 0.05) is 18.5 Å². The van der Waals surface area contributed by atoms with Crippen molar-refractivity contribution in [2.45, 2.75) is 58.0 Å². The molecule has 2 aliphatic rings. The first-order valence-corrected chi connectivity index (χ1v) is 12.4. The normalized spacial score (nSPS) is 20.2. The fourth-order valence-corrected chi connectivity index (χ4v) is 5.40. The Labute approximate surface area is 206 Å². The Morgan fingerprint density at radius 3 is 2.20 bits per heavy atom. The number of ether oxygens (including phenoxy) is 1. The van der Waals surface area contributed by atoms with Gasteiger partial charge in [0.1, 0.15) is 12.6 Å². The third-order valence-electron chi connectivity index (χ3n) is 7.15. The number of carboxylic acids is 1. The number of carboxylic acid groups (broad SMARTS) is 1. The van der Waals surface area contributed by atoms with Crippen LogP contribution in [0, 0.1) is 11.8 Å². The van der Waals surface area contributed by atoms with Gasteiger partial charge in [0.25, 0.3) is 0 Å². The first kappa shape index (κ1) is 24.8. The maximum atomic E-state index is 13.4. The van der Waals surface area contributed by atoms with E-state index < -0.39 is 24.0 Å². The fraction of sp³-hybridized carbons (Fsp3) is 0.464. The minimum Gasteiger partial charge on any atom is -0.481 e. The first-order valence-electron chi connectivity index (χ1n) is 12.4. The van der Waals surface area contributed by atoms with Gasteiger partial charge >= 0.3 is 12.1 Å². The molecule has 0 unspecified atom stereocenters. The van der Waals surface area contributed by atoms with Crippen LogP contribution in [0.3, 0.4) is 0 Å². The molecule has 0 spiro atoms. The van der Waals surface area contributed by atoms with Crippen molar-refractivity contribution in [3.05, 3.63) is 59.7 Å². The minimum atomic E-state index is -0.820. The highest BCUT2D eigenvalue weighted by Crippen LogP contribution is 2.44. The summed E-state index contributed by atoms with van der Waals surface area (Å²) in [5.41, 5.74) is 4.57. The zero-order valence-electron chi connectivity index (χ0n) is 20.6. The summed E-state index contributed by atoms with van der Waals surface area (Å²) in [6.07, 6.45) is 0.707. The van der Waals surface area contributed by atoms with Crippen LogP contribution in [0.25, 0.3) is 11.1 Å². The molecule has 0 bridgehead atoms. The highest BCUT2D eigenvalue weighted by atomic mass is 16.5. The van der Waals surface area contributed by atoms with E-state index in [4.69, 9.17) is 4.74 Å². The van der Waals surface area contributed by atoms with Gasteiger partial charge in [0.05, 0.1) is 5.92 Å². The van der Waals surface area contributed by atoms with Crippen molar-refractivity contribution < 1.29 is 24.2 Å². The van der Waals surface area contributed by atoms with Crippen LogP contribution >= 0.6 is 0 Å². The molecule has 4 rings (SSSR count). The summed E-state index contributed by atoms with van der Waals surface area (Å²) in [7, 11) is 0. The summed E-state index contributed by atoms with van der Waals surface area (Å²) in [6, 6.07) is 15.4. The van der Waals surface area contributed by atoms with Crippen molar-refractivity contribution in [2.75, 3.05) is 13.2 Å². The Hall–Kier alpha value is -3.35. The predicted octanol–water partition coefficient (Wildman–Crippen LogP) is 4.65. The van der Waals surface area contributed by atoms with Gasteiger partial charge in [-0.2, -0.15) is 0 Å². The van der Waals surface area contributed by atoms with E-state index in [1.54, 1.807) is 4.90 Å². The number of piperidine rings is 1. The first-order chi connectivity index (χ1) is 16.8. The van der Waals surface area contributed by atoms with E-state index in [2.05, 4.69) is 29.6 Å². The van der Waals surface area contributed by atoms with Gasteiger partial charge in [-0.15, -0.1) is 0 Å². The van der Waals surface area contributed by atoms with Crippen LogP contribution in [0.5, 0.6) is 0 Å². The summed E-state index contributed by atoms with van der Waals surface area (Å²) < 4.78 is 5.67. The monoisotopic (exact) mass is 478 g/mol. The van der Waals surface area contributed by atoms with Crippen LogP contribution in [0.4, 0.5) is 4.79 Å². The van der Waals surface area contributed by atoms with E-state index in [1.807, 2.05) is 45.0 Å². The zero-order valence-corrected chi connectivity index (χ0v) is 20.6. The number of nitrogens with one attached hydrogen (secondary N) is 1. The van der Waals surface area contributed by atoms with E-state index >= 15 is 0 Å². The lowest BCUT2D eigenvalue weighted by molar-refractivity contribution is -0.148. The molecule has 2 amide bonds. The number of hydrogen-bond donors (Lipinski definition) is 2. The highest BCUT2D eigenvalue weighted by molar-refractivity contribution is 5.86. The largest absolute Gasteiger partial charge is 0.481 e. The van der Waals surface area contributed by atoms with Crippen LogP contribution in [-0.4, -0.2) is 53.2 Å². The number of amides is 2. The maximum absolute atomic E-state index is 13.4. The summed E-state index contributed by atoms with van der Waals surface area (Å²) >= 11 is 0. The van der Waals surface area contributed by atoms with Gasteiger partial charge in [0.15, 0.2) is 0 Å². The van der Waals surface area contributed by atoms with Crippen molar-refractivity contribution in [1.82, 2.24) is 10.2 Å². The molecule has 1 saturated heterocycles. The Balaban J connectivity index is 1.42. The zero-order chi connectivity index (χ0) is 25.1. The standard InChI is InChI=1S/C28H34N2O5/c1-17(2)14-25(26(31)30-13-12-19(27(32)33)15-18(30)3)29-28(34)35-16-24-22-10-6-4-8-20(22)21-9-5-7-11-23(21)24/h4-11,17-19,24-25H,12-16H2,1-3H3,(H,29,34)(H,32,33)/t18-,19-,25-/m1/s1. The van der Waals surface area contributed by atoms with Gasteiger partial charge in [-0.3, -0.25) is 9.59 Å². The second-order valence-corrected chi connectivity index (χ2v) is 10.1. The summed E-state index contributed by atoms with van der Waals surface area (Å²) in [5, 5.41) is 12.1. The molecule has 0 saturated carbocycles. The summed E-state index contributed by atoms with van der Waals surface area (Å²) in [4.78, 5) is 39.3. The van der Waals surface area contributed by atoms with E-state index in [1.165, 1.54) is 0 Å². The lowest BCUT2D eigenvalue weighted by Gasteiger charge is -2.38. The van der Waals surface area contributed by atoms with Gasteiger partial charge in [0.2, 0.25) is 5.91 Å². The molecule has 186 valence electrons. The quantitative estimate of drug-likeness (QED) is 0.604. The van der Waals surface area contributed by atoms with Crippen molar-refractivity contribution in [1.29, 1.82) is 0 Å². The lowest BCUT2D eigenvalue weighted by atomic mass is 9.90. The topological polar surface area (TPSA) is 95.9 Å². The van der Waals surface area contributed by atoms with E-state index in [9.17, 15) is 19.5 Å². The second kappa shape index (κ2) is 10.5. The minimum absolute atomic E-state index is 0.0533. The number of benzene rings is 2. The molecule has 35 heavy (non-hydrogen) atoms. The van der Waals surface area contributed by atoms with Gasteiger partial charge in [-0.1, -0.05) is 62.4 Å². The number of carbonyl (C=O) groups is 3. The number of alkyl carbamates (subject to hydrolysis) is 1. The number of rotatable bonds is 7. The molecule has 0 radical (unpaired) electrons. The summed E-state index contributed by atoms with van der Waals surface area (Å²) in [5.74, 6) is -1.30. The number of fused-ring (bicyclic) bond motifs is 3. The van der Waals surface area contributed by atoms with Crippen molar-refractivity contribution >= 4 is 18.0 Å². The second-order valence-electron chi connectivity index (χ2n) is 10.1. The number of likely N-dealkylation sites (tertiary alicyclic amines) is 1. The Kier molecular flexibility index (Phi) is 7.43. The molecule has 2 N–H and O–H groups in total. The van der Waals surface area contributed by atoms with Crippen molar-refractivity contribution in [3.8, 4) is 11.1 Å². The smallest absolute Gasteiger partial charge is 0.407 e. The molecule has 1 aliphatic carbocycles. The van der Waals surface area contributed by atoms with Gasteiger partial charge < -0.3 is 20.1 Å². The van der Waals surface area contributed by atoms with E-state index in [0.29, 0.717) is 25.8 Å². The third-order valence-corrected chi connectivity index (χ3v) is 7.15. The molecule has 2 aromatic carbocycles. The molecular formula is C28H34N2O5. The average Bonchev–Trinajstić information content (AvgIpc) is 3.15. The summed E-state index contributed by atoms with van der Waals surface area (Å²) in [6.45, 7) is 6.42. The highest BCUT2D eigenvalue weighted by Gasteiger charge is 2.36. The molecule has 1 fully saturated rings. The molecule has 1 heterocycles. The van der Waals surface area contributed by atoms with Crippen molar-refractivity contribution in [2.24, 2.45) is 11.8 Å². The van der Waals surface area contributed by atoms with E-state index in [-0.39, 0.29) is 30.4 Å². The van der Waals surface area contributed by atoms with E-state index in [0.717, 1.165) is 22.3 Å². The van der Waals surface area contributed by atoms with Crippen LogP contribution in [0.1, 0.15) is 57.1 Å². The molecule has 1 aliphatic heterocycles. The van der Waals surface area contributed by atoms with Crippen LogP contribution < -0.4 is 5.32 Å². The molecule has 7 heteroatoms. The Morgan fingerprint density at radius 1 is 1.06 bits per heavy atom. The Morgan fingerprint density at radius 2 is 1.66 bits per heavy atom. The number of aliphatic carboxylic acids is 1. The predicted molar refractivity (Wildman–Crippen MR) is 133 cm³/mol. The number of hydrogen-bond acceptors (Lipinski definition) is 4. The SMILES string of the molecule is CC(C)C[C@@H](NC(=O)OCC1c2ccccc2-c2ccccc21)C(=O)N1CC[C@@H](C(=O)O)C[C@H]1C. The van der Waals surface area contributed by atoms with Gasteiger partial charge in [-0.05, 0) is 54.4 Å². The molecule has 3 atom stereocenters. The van der Waals surface area contributed by atoms with Crippen LogP contribution in [0.2, 0.25) is 0 Å². The molecule has 0 aromatic heterocycles. The number of carbonyl (C=O) groups excluding carboxylic acids is 2. The maximum Gasteiger partial charge on any atom is 0.407 e. The van der Waals surface area contributed by atoms with Crippen LogP contribution in [-0.2, 0) is 14.3 Å². The number of nitrogens with zero attached hydrogens (tertiary/aromatic N) is 1. The molecule has 2 aromatic rings. The fourth-order valence-electron chi connectivity index (χ4n) is 5.40. The molecular weight excluding hydrogens is 444 g/mol. The lowest BCUT2D eigenvalue weighted by Crippen LogP contribution is -2.54. The average molecular weight is 479 g/mol. The molecule has 7 nitrogen and oxygen atoms in total. The van der Waals surface area contributed by atoms with Crippen molar-refractivity contribution in [3.63, 3.8) is 0 Å². The third kappa shape index (κ3) is 5.34.